The summed E-state index contributed by atoms with van der Waals surface area (Å²) >= 11 is 0. The highest BCUT2D eigenvalue weighted by molar-refractivity contribution is 5.73. The first-order valence-electron chi connectivity index (χ1n) is 4.31. The predicted molar refractivity (Wildman–Crippen MR) is 49.1 cm³/mol. The molecule has 0 aliphatic rings. The summed E-state index contributed by atoms with van der Waals surface area (Å²) in [6.07, 6.45) is 0. The summed E-state index contributed by atoms with van der Waals surface area (Å²) in [5.41, 5.74) is 5.19. The van der Waals surface area contributed by atoms with Crippen LogP contribution in [0, 0.1) is 0 Å². The van der Waals surface area contributed by atoms with Gasteiger partial charge in [-0.2, -0.15) is 0 Å². The van der Waals surface area contributed by atoms with Crippen LogP contribution in [0.1, 0.15) is 0 Å². The number of aliphatic carboxylic acids is 1. The molecule has 0 aliphatic heterocycles. The van der Waals surface area contributed by atoms with E-state index in [0.717, 1.165) is 0 Å². The average Bonchev–Trinajstić information content (AvgIpc) is 2.16. The van der Waals surface area contributed by atoms with Crippen LogP contribution in [-0.2, 0) is 19.0 Å². The van der Waals surface area contributed by atoms with Gasteiger partial charge in [-0.25, -0.2) is 0 Å². The summed E-state index contributed by atoms with van der Waals surface area (Å²) in [5.74, 6) is -1.06. The van der Waals surface area contributed by atoms with E-state index in [0.29, 0.717) is 26.4 Å². The molecule has 14 heavy (non-hydrogen) atoms. The highest BCUT2D eigenvalue weighted by Gasteiger charge is 2.10. The molecule has 6 heteroatoms. The van der Waals surface area contributed by atoms with Crippen LogP contribution in [0.5, 0.6) is 0 Å². The van der Waals surface area contributed by atoms with E-state index in [1.165, 1.54) is 0 Å². The van der Waals surface area contributed by atoms with Crippen LogP contribution in [0.2, 0.25) is 0 Å². The third-order valence-electron chi connectivity index (χ3n) is 1.42. The SMILES string of the molecule is COCCOCCOCC(N)C(=O)O. The minimum Gasteiger partial charge on any atom is -0.480 e. The molecule has 0 amide bonds. The summed E-state index contributed by atoms with van der Waals surface area (Å²) in [4.78, 5) is 10.3. The maximum Gasteiger partial charge on any atom is 0.322 e. The van der Waals surface area contributed by atoms with Gasteiger partial charge in [0, 0.05) is 7.11 Å². The van der Waals surface area contributed by atoms with Crippen molar-refractivity contribution in [1.82, 2.24) is 0 Å². The van der Waals surface area contributed by atoms with Gasteiger partial charge < -0.3 is 25.1 Å². The van der Waals surface area contributed by atoms with Crippen molar-refractivity contribution in [2.45, 2.75) is 6.04 Å². The van der Waals surface area contributed by atoms with Crippen LogP contribution in [-0.4, -0.2) is 57.3 Å². The lowest BCUT2D eigenvalue weighted by Crippen LogP contribution is -2.35. The molecule has 0 aromatic heterocycles. The van der Waals surface area contributed by atoms with Gasteiger partial charge in [0.1, 0.15) is 6.04 Å². The topological polar surface area (TPSA) is 91.0 Å². The quantitative estimate of drug-likeness (QED) is 0.475. The maximum absolute atomic E-state index is 10.3. The first-order chi connectivity index (χ1) is 6.68. The lowest BCUT2D eigenvalue weighted by molar-refractivity contribution is -0.140. The fraction of sp³-hybridized carbons (Fsp3) is 0.875. The Morgan fingerprint density at radius 3 is 2.43 bits per heavy atom. The molecule has 0 spiro atoms. The van der Waals surface area contributed by atoms with Crippen molar-refractivity contribution in [1.29, 1.82) is 0 Å². The van der Waals surface area contributed by atoms with Crippen LogP contribution in [0.25, 0.3) is 0 Å². The monoisotopic (exact) mass is 207 g/mol. The second-order valence-corrected chi connectivity index (χ2v) is 2.62. The van der Waals surface area contributed by atoms with Crippen LogP contribution >= 0.6 is 0 Å². The van der Waals surface area contributed by atoms with Crippen molar-refractivity contribution in [3.05, 3.63) is 0 Å². The van der Waals surface area contributed by atoms with Gasteiger partial charge in [0.15, 0.2) is 0 Å². The van der Waals surface area contributed by atoms with Crippen molar-refractivity contribution >= 4 is 5.97 Å². The number of hydrogen-bond donors (Lipinski definition) is 2. The third-order valence-corrected chi connectivity index (χ3v) is 1.42. The lowest BCUT2D eigenvalue weighted by Gasteiger charge is -2.07. The van der Waals surface area contributed by atoms with E-state index in [2.05, 4.69) is 0 Å². The number of hydrogen-bond acceptors (Lipinski definition) is 5. The van der Waals surface area contributed by atoms with Crippen LogP contribution in [0.4, 0.5) is 0 Å². The van der Waals surface area contributed by atoms with Crippen molar-refractivity contribution in [3.8, 4) is 0 Å². The molecule has 0 fully saturated rings. The minimum absolute atomic E-state index is 0.00295. The van der Waals surface area contributed by atoms with E-state index in [4.69, 9.17) is 25.1 Å². The Hall–Kier alpha value is -0.690. The number of carboxylic acid groups (broad SMARTS) is 1. The fourth-order valence-electron chi connectivity index (χ4n) is 0.644. The van der Waals surface area contributed by atoms with Gasteiger partial charge in [-0.3, -0.25) is 4.79 Å². The molecule has 0 bridgehead atoms. The Morgan fingerprint density at radius 2 is 1.86 bits per heavy atom. The van der Waals surface area contributed by atoms with Crippen LogP contribution in [0.15, 0.2) is 0 Å². The Morgan fingerprint density at radius 1 is 1.29 bits per heavy atom. The molecule has 0 heterocycles. The average molecular weight is 207 g/mol. The maximum atomic E-state index is 10.3. The molecule has 1 unspecified atom stereocenters. The van der Waals surface area contributed by atoms with E-state index >= 15 is 0 Å². The molecule has 0 aromatic carbocycles. The predicted octanol–water partition coefficient (Wildman–Crippen LogP) is -0.922. The van der Waals surface area contributed by atoms with E-state index in [9.17, 15) is 4.79 Å². The smallest absolute Gasteiger partial charge is 0.322 e. The van der Waals surface area contributed by atoms with Gasteiger partial charge in [0.05, 0.1) is 33.0 Å². The first-order valence-corrected chi connectivity index (χ1v) is 4.31. The number of ether oxygens (including phenoxy) is 3. The first kappa shape index (κ1) is 13.3. The highest BCUT2D eigenvalue weighted by Crippen LogP contribution is 1.83. The molecule has 0 aliphatic carbocycles. The molecule has 0 rings (SSSR count). The molecule has 0 radical (unpaired) electrons. The third kappa shape index (κ3) is 7.93. The van der Waals surface area contributed by atoms with Crippen molar-refractivity contribution < 1.29 is 24.1 Å². The molecule has 0 aromatic rings. The normalized spacial score (nSPS) is 12.7. The van der Waals surface area contributed by atoms with Gasteiger partial charge in [0.2, 0.25) is 0 Å². The number of carbonyl (C=O) groups is 1. The van der Waals surface area contributed by atoms with Crippen molar-refractivity contribution in [3.63, 3.8) is 0 Å². The fourth-order valence-corrected chi connectivity index (χ4v) is 0.644. The molecular weight excluding hydrogens is 190 g/mol. The largest absolute Gasteiger partial charge is 0.480 e. The van der Waals surface area contributed by atoms with E-state index < -0.39 is 12.0 Å². The van der Waals surface area contributed by atoms with E-state index in [1.807, 2.05) is 0 Å². The minimum atomic E-state index is -1.06. The number of rotatable bonds is 9. The van der Waals surface area contributed by atoms with Gasteiger partial charge in [-0.15, -0.1) is 0 Å². The summed E-state index contributed by atoms with van der Waals surface area (Å²) in [5, 5.41) is 8.40. The molecule has 0 saturated heterocycles. The molecule has 3 N–H and O–H groups in total. The second-order valence-electron chi connectivity index (χ2n) is 2.62. The zero-order valence-electron chi connectivity index (χ0n) is 8.27. The zero-order valence-corrected chi connectivity index (χ0v) is 8.27. The molecule has 0 saturated carbocycles. The van der Waals surface area contributed by atoms with E-state index in [1.54, 1.807) is 7.11 Å². The van der Waals surface area contributed by atoms with Gasteiger partial charge >= 0.3 is 5.97 Å². The summed E-state index contributed by atoms with van der Waals surface area (Å²) < 4.78 is 14.8. The summed E-state index contributed by atoms with van der Waals surface area (Å²) in [6.45, 7) is 1.79. The molecule has 1 atom stereocenters. The Labute approximate surface area is 82.9 Å². The molecule has 84 valence electrons. The second kappa shape index (κ2) is 8.89. The Balaban J connectivity index is 3.09. The Bertz CT molecular complexity index is 153. The van der Waals surface area contributed by atoms with E-state index in [-0.39, 0.29) is 6.61 Å². The molecular formula is C8H17NO5. The number of methoxy groups -OCH3 is 1. The zero-order chi connectivity index (χ0) is 10.8. The number of carboxylic acids is 1. The van der Waals surface area contributed by atoms with Gasteiger partial charge in [-0.05, 0) is 0 Å². The molecule has 6 nitrogen and oxygen atoms in total. The summed E-state index contributed by atoms with van der Waals surface area (Å²) in [7, 11) is 1.59. The standard InChI is InChI=1S/C8H17NO5/c1-12-2-3-13-4-5-14-6-7(9)8(10)11/h7H,2-6,9H2,1H3,(H,10,11). The van der Waals surface area contributed by atoms with Crippen molar-refractivity contribution in [2.24, 2.45) is 5.73 Å². The lowest BCUT2D eigenvalue weighted by atomic mass is 10.3. The van der Waals surface area contributed by atoms with Crippen LogP contribution < -0.4 is 5.73 Å². The number of nitrogens with two attached hydrogens (primary N) is 1. The van der Waals surface area contributed by atoms with Gasteiger partial charge in [0.25, 0.3) is 0 Å². The van der Waals surface area contributed by atoms with Gasteiger partial charge in [-0.1, -0.05) is 0 Å². The van der Waals surface area contributed by atoms with Crippen molar-refractivity contribution in [2.75, 3.05) is 40.1 Å². The van der Waals surface area contributed by atoms with Crippen LogP contribution in [0.3, 0.4) is 0 Å². The highest BCUT2D eigenvalue weighted by atomic mass is 16.5. The Kier molecular flexibility index (Phi) is 8.45. The summed E-state index contributed by atoms with van der Waals surface area (Å²) in [6, 6.07) is -0.964.